The summed E-state index contributed by atoms with van der Waals surface area (Å²) in [6.07, 6.45) is -6.75. The molecule has 0 aromatic rings. The van der Waals surface area contributed by atoms with Gasteiger partial charge in [-0.1, -0.05) is 53.2 Å². The Balaban J connectivity index is 1.19. The van der Waals surface area contributed by atoms with Gasteiger partial charge in [0.2, 0.25) is 6.29 Å². The topological polar surface area (TPSA) is 236 Å². The summed E-state index contributed by atoms with van der Waals surface area (Å²) in [4.78, 5) is 14.5. The second-order valence-corrected chi connectivity index (χ2v) is 20.2. The lowest BCUT2D eigenvalue weighted by Crippen LogP contribution is -2.69. The number of esters is 1. The molecule has 19 atom stereocenters. The smallest absolute Gasteiger partial charge is 0.315 e. The minimum absolute atomic E-state index is 0.0622. The van der Waals surface area contributed by atoms with Crippen molar-refractivity contribution >= 4 is 5.97 Å². The van der Waals surface area contributed by atoms with Crippen LogP contribution in [0.3, 0.4) is 0 Å². The van der Waals surface area contributed by atoms with Gasteiger partial charge in [-0.2, -0.15) is 0 Å². The fourth-order valence-electron chi connectivity index (χ4n) is 13.4. The second-order valence-electron chi connectivity index (χ2n) is 20.2. The number of aliphatic hydroxyl groups is 9. The van der Waals surface area contributed by atoms with Crippen LogP contribution in [-0.4, -0.2) is 139 Å². The Hall–Kier alpha value is -1.27. The first-order chi connectivity index (χ1) is 25.6. The van der Waals surface area contributed by atoms with Gasteiger partial charge in [0, 0.05) is 5.41 Å². The fourth-order valence-corrected chi connectivity index (χ4v) is 13.4. The molecular weight excluding hydrogens is 716 g/mol. The molecule has 0 spiro atoms. The van der Waals surface area contributed by atoms with Gasteiger partial charge in [0.15, 0.2) is 6.29 Å². The van der Waals surface area contributed by atoms with E-state index in [-0.39, 0.29) is 47.2 Å². The third kappa shape index (κ3) is 6.13. The highest BCUT2D eigenvalue weighted by Crippen LogP contribution is 2.76. The number of rotatable bonds is 6. The van der Waals surface area contributed by atoms with E-state index in [9.17, 15) is 50.8 Å². The normalized spacial score (nSPS) is 54.9. The molecule has 0 unspecified atom stereocenters. The van der Waals surface area contributed by atoms with Gasteiger partial charge in [-0.3, -0.25) is 4.79 Å². The average Bonchev–Trinajstić information content (AvgIpc) is 3.13. The zero-order valence-corrected chi connectivity index (χ0v) is 33.2. The zero-order chi connectivity index (χ0) is 40.3. The van der Waals surface area contributed by atoms with Crippen LogP contribution in [0, 0.1) is 50.2 Å². The molecule has 2 saturated heterocycles. The number of hydrogen-bond acceptors (Lipinski definition) is 14. The number of carbonyl (C=O) groups is 1. The van der Waals surface area contributed by atoms with Crippen LogP contribution in [0.15, 0.2) is 11.6 Å². The summed E-state index contributed by atoms with van der Waals surface area (Å²) in [7, 11) is 0. The Bertz CT molecular complexity index is 1490. The van der Waals surface area contributed by atoms with Crippen molar-refractivity contribution in [3.8, 4) is 0 Å². The molecule has 14 nitrogen and oxygen atoms in total. The Labute approximate surface area is 323 Å². The summed E-state index contributed by atoms with van der Waals surface area (Å²) in [5, 5.41) is 95.4. The molecular formula is C41H66O14. The molecule has 0 amide bonds. The lowest BCUT2D eigenvalue weighted by molar-refractivity contribution is -0.328. The van der Waals surface area contributed by atoms with E-state index in [1.165, 1.54) is 5.57 Å². The molecule has 4 saturated carbocycles. The highest BCUT2D eigenvalue weighted by Gasteiger charge is 2.71. The molecule has 14 heteroatoms. The Morgan fingerprint density at radius 3 is 2.13 bits per heavy atom. The van der Waals surface area contributed by atoms with Gasteiger partial charge < -0.3 is 64.9 Å². The SMILES string of the molecule is CC1(C)CC[C@]2(C(=O)O[C@@H]3O[C@H](CO)[C@@H](O)[C@H](O)[C@H]3O)CC[C@]3(C)C(=CC[C@@H]4[C@@]5(C)C[C@H](O)[C@H](O[C@@H]6OC[C@@H](O)[C@H](O)[C@H]6O)[C@@](C)(CO)[C@H]5CC[C@]43C)[C@@H]2C1. The van der Waals surface area contributed by atoms with Crippen LogP contribution < -0.4 is 0 Å². The third-order valence-corrected chi connectivity index (χ3v) is 16.9. The second kappa shape index (κ2) is 14.2. The van der Waals surface area contributed by atoms with E-state index < -0.39 is 96.3 Å². The van der Waals surface area contributed by atoms with Crippen LogP contribution in [0.4, 0.5) is 0 Å². The standard InChI is InChI=1S/C41H66O14/c1-36(2)11-13-41(35(51)55-34-31(50)29(48)28(47)24(17-42)53-34)14-12-39(5)20(21(41)15-36)7-8-26-37(3)16-22(44)32(54-33-30(49)27(46)23(45)18-52-33)38(4,19-43)25(37)9-10-40(26,39)6/h7,21-34,42-50H,8-19H2,1-6H3/t21-,22-,23+,24+,25-,26+,27-,28+,29-,30+,31+,32-,33-,34-,37-,38-,39+,40+,41-/m0/s1. The van der Waals surface area contributed by atoms with Crippen molar-refractivity contribution in [3.63, 3.8) is 0 Å². The summed E-state index contributed by atoms with van der Waals surface area (Å²) in [5.41, 5.74) is -1.65. The molecule has 2 aliphatic heterocycles. The first kappa shape index (κ1) is 41.9. The largest absolute Gasteiger partial charge is 0.432 e. The first-order valence-electron chi connectivity index (χ1n) is 20.5. The molecule has 0 bridgehead atoms. The van der Waals surface area contributed by atoms with Crippen LogP contribution in [0.1, 0.15) is 99.3 Å². The van der Waals surface area contributed by atoms with Gasteiger partial charge in [-0.15, -0.1) is 0 Å². The number of fused-ring (bicyclic) bond motifs is 7. The zero-order valence-electron chi connectivity index (χ0n) is 33.2. The van der Waals surface area contributed by atoms with Crippen LogP contribution in [0.5, 0.6) is 0 Å². The Kier molecular flexibility index (Phi) is 10.8. The van der Waals surface area contributed by atoms with E-state index in [1.807, 2.05) is 6.92 Å². The molecule has 55 heavy (non-hydrogen) atoms. The maximum Gasteiger partial charge on any atom is 0.315 e. The van der Waals surface area contributed by atoms with E-state index >= 15 is 0 Å². The molecule has 0 radical (unpaired) electrons. The highest BCUT2D eigenvalue weighted by atomic mass is 16.7. The predicted molar refractivity (Wildman–Crippen MR) is 194 cm³/mol. The maximum atomic E-state index is 14.5. The number of carbonyl (C=O) groups excluding carboxylic acids is 1. The third-order valence-electron chi connectivity index (χ3n) is 16.9. The molecule has 7 aliphatic rings. The van der Waals surface area contributed by atoms with E-state index in [2.05, 4.69) is 40.7 Å². The molecule has 2 heterocycles. The molecule has 314 valence electrons. The summed E-state index contributed by atoms with van der Waals surface area (Å²) in [6.45, 7) is 12.2. The molecule has 9 N–H and O–H groups in total. The Morgan fingerprint density at radius 2 is 1.45 bits per heavy atom. The van der Waals surface area contributed by atoms with Crippen molar-refractivity contribution in [2.75, 3.05) is 19.8 Å². The molecule has 6 fully saturated rings. The predicted octanol–water partition coefficient (Wildman–Crippen LogP) is 0.899. The number of allylic oxidation sites excluding steroid dienone is 2. The quantitative estimate of drug-likeness (QED) is 0.104. The van der Waals surface area contributed by atoms with Crippen molar-refractivity contribution in [2.45, 2.75) is 167 Å². The van der Waals surface area contributed by atoms with Gasteiger partial charge in [-0.25, -0.2) is 0 Å². The van der Waals surface area contributed by atoms with Gasteiger partial charge in [0.1, 0.15) is 42.7 Å². The van der Waals surface area contributed by atoms with Crippen molar-refractivity contribution in [3.05, 3.63) is 11.6 Å². The summed E-state index contributed by atoms with van der Waals surface area (Å²) in [6, 6.07) is 0. The van der Waals surface area contributed by atoms with E-state index in [0.717, 1.165) is 25.7 Å². The van der Waals surface area contributed by atoms with E-state index in [4.69, 9.17) is 18.9 Å². The number of hydrogen-bond donors (Lipinski definition) is 9. The summed E-state index contributed by atoms with van der Waals surface area (Å²) >= 11 is 0. The molecule has 0 aromatic carbocycles. The molecule has 0 aromatic heterocycles. The van der Waals surface area contributed by atoms with Crippen molar-refractivity contribution < 1.29 is 69.7 Å². The van der Waals surface area contributed by atoms with E-state index in [1.54, 1.807) is 0 Å². The highest BCUT2D eigenvalue weighted by molar-refractivity contribution is 5.79. The molecule has 5 aliphatic carbocycles. The lowest BCUT2D eigenvalue weighted by atomic mass is 9.33. The first-order valence-corrected chi connectivity index (χ1v) is 20.5. The van der Waals surface area contributed by atoms with Crippen molar-refractivity contribution in [1.82, 2.24) is 0 Å². The van der Waals surface area contributed by atoms with Gasteiger partial charge in [0.05, 0.1) is 37.4 Å². The number of aliphatic hydroxyl groups excluding tert-OH is 9. The summed E-state index contributed by atoms with van der Waals surface area (Å²) < 4.78 is 23.4. The van der Waals surface area contributed by atoms with E-state index in [0.29, 0.717) is 32.1 Å². The lowest BCUT2D eigenvalue weighted by Gasteiger charge is -2.71. The van der Waals surface area contributed by atoms with Crippen LogP contribution in [0.25, 0.3) is 0 Å². The monoisotopic (exact) mass is 782 g/mol. The minimum Gasteiger partial charge on any atom is -0.432 e. The van der Waals surface area contributed by atoms with Crippen LogP contribution in [-0.2, 0) is 23.7 Å². The van der Waals surface area contributed by atoms with Crippen LogP contribution >= 0.6 is 0 Å². The molecule has 7 rings (SSSR count). The van der Waals surface area contributed by atoms with Crippen molar-refractivity contribution in [1.29, 1.82) is 0 Å². The summed E-state index contributed by atoms with van der Waals surface area (Å²) in [5.74, 6) is -0.634. The van der Waals surface area contributed by atoms with Crippen LogP contribution in [0.2, 0.25) is 0 Å². The number of ether oxygens (including phenoxy) is 4. The fraction of sp³-hybridized carbons (Fsp3) is 0.927. The van der Waals surface area contributed by atoms with Gasteiger partial charge in [0.25, 0.3) is 0 Å². The average molecular weight is 783 g/mol. The minimum atomic E-state index is -1.69. The van der Waals surface area contributed by atoms with Gasteiger partial charge >= 0.3 is 5.97 Å². The Morgan fingerprint density at radius 1 is 0.782 bits per heavy atom. The maximum absolute atomic E-state index is 14.5. The van der Waals surface area contributed by atoms with Crippen molar-refractivity contribution in [2.24, 2.45) is 50.2 Å². The van der Waals surface area contributed by atoms with Gasteiger partial charge in [-0.05, 0) is 97.2 Å².